The molecule has 2 aromatic heterocycles. The molecular weight excluding hydrogens is 450 g/mol. The molecule has 1 N–H and O–H groups in total. The van der Waals surface area contributed by atoms with E-state index in [1.165, 1.54) is 11.3 Å². The minimum absolute atomic E-state index is 0.398. The van der Waals surface area contributed by atoms with Gasteiger partial charge >= 0.3 is 5.63 Å². The maximum Gasteiger partial charge on any atom is 0.345 e. The van der Waals surface area contributed by atoms with E-state index in [1.807, 2.05) is 24.3 Å². The lowest BCUT2D eigenvalue weighted by Crippen LogP contribution is -2.01. The van der Waals surface area contributed by atoms with Gasteiger partial charge in [0.15, 0.2) is 0 Å². The summed E-state index contributed by atoms with van der Waals surface area (Å²) in [6, 6.07) is 14.6. The van der Waals surface area contributed by atoms with Crippen molar-refractivity contribution in [1.82, 2.24) is 4.98 Å². The van der Waals surface area contributed by atoms with Gasteiger partial charge in [-0.05, 0) is 42.0 Å². The van der Waals surface area contributed by atoms with Gasteiger partial charge < -0.3 is 4.42 Å². The molecule has 0 radical (unpaired) electrons. The average molecular weight is 461 g/mol. The van der Waals surface area contributed by atoms with Gasteiger partial charge in [0.25, 0.3) is 0 Å². The van der Waals surface area contributed by atoms with Crippen molar-refractivity contribution in [2.24, 2.45) is 5.10 Å². The molecule has 0 aliphatic heterocycles. The molecule has 4 aromatic rings. The van der Waals surface area contributed by atoms with Crippen LogP contribution in [0.25, 0.3) is 21.4 Å². The molecule has 134 valence electrons. The number of hydrogen-bond donors (Lipinski definition) is 1. The summed E-state index contributed by atoms with van der Waals surface area (Å²) >= 11 is 10.6. The molecule has 0 saturated heterocycles. The first-order chi connectivity index (χ1) is 13.1. The highest BCUT2D eigenvalue weighted by Crippen LogP contribution is 2.29. The summed E-state index contributed by atoms with van der Waals surface area (Å²) < 4.78 is 6.32. The van der Waals surface area contributed by atoms with Crippen LogP contribution < -0.4 is 11.1 Å². The molecular formula is C19H11BrClN3O2S. The molecule has 0 saturated carbocycles. The van der Waals surface area contributed by atoms with Crippen LogP contribution in [0.1, 0.15) is 5.56 Å². The predicted molar refractivity (Wildman–Crippen MR) is 114 cm³/mol. The minimum Gasteiger partial charge on any atom is -0.422 e. The van der Waals surface area contributed by atoms with Crippen LogP contribution in [0.4, 0.5) is 5.13 Å². The van der Waals surface area contributed by atoms with E-state index in [0.717, 1.165) is 15.4 Å². The SMILES string of the molecule is O=c1oc2ccc(Br)cc2cc1-c1cnc(NN=Cc2ccc(Cl)cc2)s1. The number of rotatable bonds is 4. The molecule has 0 spiro atoms. The Morgan fingerprint density at radius 3 is 2.81 bits per heavy atom. The Hall–Kier alpha value is -2.48. The van der Waals surface area contributed by atoms with Crippen molar-refractivity contribution in [3.8, 4) is 10.4 Å². The van der Waals surface area contributed by atoms with E-state index >= 15 is 0 Å². The van der Waals surface area contributed by atoms with Gasteiger partial charge in [0, 0.05) is 21.1 Å². The smallest absolute Gasteiger partial charge is 0.345 e. The summed E-state index contributed by atoms with van der Waals surface area (Å²) in [5.74, 6) is 0. The van der Waals surface area contributed by atoms with Gasteiger partial charge in [-0.3, -0.25) is 5.43 Å². The van der Waals surface area contributed by atoms with E-state index < -0.39 is 5.63 Å². The topological polar surface area (TPSA) is 67.5 Å². The summed E-state index contributed by atoms with van der Waals surface area (Å²) in [5, 5.41) is 6.24. The lowest BCUT2D eigenvalue weighted by Gasteiger charge is -2.00. The molecule has 0 aliphatic carbocycles. The number of fused-ring (bicyclic) bond motifs is 1. The van der Waals surface area contributed by atoms with Gasteiger partial charge in [-0.1, -0.05) is 51.0 Å². The van der Waals surface area contributed by atoms with Crippen molar-refractivity contribution in [1.29, 1.82) is 0 Å². The van der Waals surface area contributed by atoms with Crippen molar-refractivity contribution in [2.45, 2.75) is 0 Å². The van der Waals surface area contributed by atoms with Crippen LogP contribution in [-0.4, -0.2) is 11.2 Å². The van der Waals surface area contributed by atoms with E-state index in [-0.39, 0.29) is 0 Å². The molecule has 8 heteroatoms. The summed E-state index contributed by atoms with van der Waals surface area (Å²) in [6.45, 7) is 0. The second-order valence-electron chi connectivity index (χ2n) is 5.58. The van der Waals surface area contributed by atoms with Crippen molar-refractivity contribution < 1.29 is 4.42 Å². The molecule has 0 unspecified atom stereocenters. The third kappa shape index (κ3) is 4.10. The Balaban J connectivity index is 1.57. The lowest BCUT2D eigenvalue weighted by molar-refractivity contribution is 0.563. The quantitative estimate of drug-likeness (QED) is 0.238. The molecule has 0 amide bonds. The average Bonchev–Trinajstić information content (AvgIpc) is 3.12. The summed E-state index contributed by atoms with van der Waals surface area (Å²) in [5.41, 5.74) is 4.39. The number of halogens is 2. The van der Waals surface area contributed by atoms with Gasteiger partial charge in [-0.25, -0.2) is 9.78 Å². The summed E-state index contributed by atoms with van der Waals surface area (Å²) in [7, 11) is 0. The second kappa shape index (κ2) is 7.64. The maximum absolute atomic E-state index is 12.3. The van der Waals surface area contributed by atoms with Gasteiger partial charge in [0.2, 0.25) is 5.13 Å². The molecule has 4 rings (SSSR count). The maximum atomic E-state index is 12.3. The van der Waals surface area contributed by atoms with Crippen LogP contribution in [-0.2, 0) is 0 Å². The highest BCUT2D eigenvalue weighted by molar-refractivity contribution is 9.10. The van der Waals surface area contributed by atoms with E-state index in [0.29, 0.717) is 26.2 Å². The Labute approximate surface area is 171 Å². The monoisotopic (exact) mass is 459 g/mol. The zero-order chi connectivity index (χ0) is 18.8. The van der Waals surface area contributed by atoms with Crippen molar-refractivity contribution in [3.63, 3.8) is 0 Å². The van der Waals surface area contributed by atoms with Crippen LogP contribution in [0.5, 0.6) is 0 Å². The Kier molecular flexibility index (Phi) is 5.07. The molecule has 0 aliphatic rings. The third-order valence-corrected chi connectivity index (χ3v) is 5.39. The fourth-order valence-electron chi connectivity index (χ4n) is 2.43. The molecule has 5 nitrogen and oxygen atoms in total. The largest absolute Gasteiger partial charge is 0.422 e. The lowest BCUT2D eigenvalue weighted by atomic mass is 10.2. The fourth-order valence-corrected chi connectivity index (χ4v) is 3.70. The summed E-state index contributed by atoms with van der Waals surface area (Å²) in [6.07, 6.45) is 3.29. The van der Waals surface area contributed by atoms with Crippen molar-refractivity contribution in [2.75, 3.05) is 5.43 Å². The van der Waals surface area contributed by atoms with Gasteiger partial charge in [-0.15, -0.1) is 0 Å². The Bertz CT molecular complexity index is 1200. The van der Waals surface area contributed by atoms with Crippen LogP contribution in [0.2, 0.25) is 5.02 Å². The van der Waals surface area contributed by atoms with Crippen LogP contribution in [0, 0.1) is 0 Å². The third-order valence-electron chi connectivity index (χ3n) is 3.71. The van der Waals surface area contributed by atoms with Crippen molar-refractivity contribution >= 4 is 61.2 Å². The van der Waals surface area contributed by atoms with Gasteiger partial charge in [0.05, 0.1) is 16.7 Å². The number of nitrogens with zero attached hydrogens (tertiary/aromatic N) is 2. The van der Waals surface area contributed by atoms with E-state index in [9.17, 15) is 4.79 Å². The number of nitrogens with one attached hydrogen (secondary N) is 1. The Morgan fingerprint density at radius 1 is 1.19 bits per heavy atom. The number of benzene rings is 2. The first-order valence-electron chi connectivity index (χ1n) is 7.83. The van der Waals surface area contributed by atoms with E-state index in [4.69, 9.17) is 16.0 Å². The second-order valence-corrected chi connectivity index (χ2v) is 7.96. The molecule has 0 bridgehead atoms. The molecule has 0 atom stereocenters. The van der Waals surface area contributed by atoms with Crippen LogP contribution in [0.3, 0.4) is 0 Å². The van der Waals surface area contributed by atoms with Gasteiger partial charge in [0.1, 0.15) is 5.58 Å². The minimum atomic E-state index is -0.398. The molecule has 27 heavy (non-hydrogen) atoms. The fraction of sp³-hybridized carbons (Fsp3) is 0. The zero-order valence-corrected chi connectivity index (χ0v) is 16.8. The molecule has 0 fully saturated rings. The molecule has 2 aromatic carbocycles. The number of hydrogen-bond acceptors (Lipinski definition) is 6. The van der Waals surface area contributed by atoms with E-state index in [1.54, 1.807) is 36.7 Å². The first kappa shape index (κ1) is 17.9. The summed E-state index contributed by atoms with van der Waals surface area (Å²) in [4.78, 5) is 17.3. The number of hydrazone groups is 1. The van der Waals surface area contributed by atoms with Crippen LogP contribution >= 0.6 is 38.9 Å². The first-order valence-corrected chi connectivity index (χ1v) is 9.81. The van der Waals surface area contributed by atoms with Gasteiger partial charge in [-0.2, -0.15) is 5.10 Å². The molecule has 2 heterocycles. The number of thiazole rings is 1. The van der Waals surface area contributed by atoms with Crippen LogP contribution in [0.15, 0.2) is 73.5 Å². The normalized spacial score (nSPS) is 11.3. The highest BCUT2D eigenvalue weighted by atomic mass is 79.9. The predicted octanol–water partition coefficient (Wildman–Crippen LogP) is 5.78. The standard InChI is InChI=1S/C19H11BrClN3O2S/c20-13-3-6-16-12(7-13)8-15(18(25)26-16)17-10-22-19(27-17)24-23-9-11-1-4-14(21)5-2-11/h1-10H,(H,22,24). The number of aromatic nitrogens is 1. The number of anilines is 1. The highest BCUT2D eigenvalue weighted by Gasteiger charge is 2.11. The zero-order valence-electron chi connectivity index (χ0n) is 13.6. The van der Waals surface area contributed by atoms with E-state index in [2.05, 4.69) is 31.4 Å². The van der Waals surface area contributed by atoms with Crippen molar-refractivity contribution in [3.05, 3.63) is 80.2 Å². The Morgan fingerprint density at radius 2 is 2.00 bits per heavy atom.